The molecule has 148 valence electrons. The fraction of sp³-hybridized carbons (Fsp3) is 0.0909. The number of halogens is 4. The summed E-state index contributed by atoms with van der Waals surface area (Å²) in [6.45, 7) is 0. The monoisotopic (exact) mass is 542 g/mol. The van der Waals surface area contributed by atoms with Crippen molar-refractivity contribution in [3.8, 4) is 11.5 Å². The van der Waals surface area contributed by atoms with E-state index in [4.69, 9.17) is 52.0 Å². The van der Waals surface area contributed by atoms with Crippen LogP contribution < -0.4 is 5.63 Å². The molecule has 2 aliphatic rings. The first kappa shape index (κ1) is 21.3. The van der Waals surface area contributed by atoms with Gasteiger partial charge in [-0.3, -0.25) is 0 Å². The molecule has 0 fully saturated rings. The minimum atomic E-state index is -4.15. The Hall–Kier alpha value is -0.957. The van der Waals surface area contributed by atoms with Crippen LogP contribution in [0.2, 0.25) is 27.3 Å². The molecular formula is C22H16Cl4O2Zr. The van der Waals surface area contributed by atoms with Crippen molar-refractivity contribution in [2.75, 3.05) is 0 Å². The van der Waals surface area contributed by atoms with E-state index in [-0.39, 0.29) is 7.25 Å². The average Bonchev–Trinajstić information content (AvgIpc) is 3.41. The first-order valence-corrected chi connectivity index (χ1v) is 15.3. The Kier molecular flexibility index (Phi) is 6.63. The molecule has 2 nitrogen and oxygen atoms in total. The van der Waals surface area contributed by atoms with Gasteiger partial charge < -0.3 is 0 Å². The Balaban J connectivity index is 1.86. The van der Waals surface area contributed by atoms with Crippen LogP contribution in [-0.4, -0.2) is 0 Å². The summed E-state index contributed by atoms with van der Waals surface area (Å²) < 4.78 is 13.5. The standard InChI is InChI=1S/2C6H4Cl2O.2C5H5.Zr/c2*7-4-1-2-5(8)6(9)3-4;2*1-2-4-5-3-1;/h2*1-3,9H;2*1-5H;/q;;;;+2/p-2. The van der Waals surface area contributed by atoms with Gasteiger partial charge in [0.15, 0.2) is 0 Å². The third-order valence-corrected chi connectivity index (χ3v) is 15.0. The SMILES string of the molecule is Clc1ccc(Cl)c([O][Zr]([O]c2cc(Cl)ccc2Cl)([CH]2C=CC=C2)[CH]2C=CC=C2)c1. The third kappa shape index (κ3) is 4.55. The van der Waals surface area contributed by atoms with Crippen LogP contribution in [0.25, 0.3) is 0 Å². The molecule has 0 heterocycles. The average molecular weight is 545 g/mol. The Bertz CT molecular complexity index is 938. The summed E-state index contributed by atoms with van der Waals surface area (Å²) in [5.41, 5.74) is 0. The van der Waals surface area contributed by atoms with E-state index in [2.05, 4.69) is 24.3 Å². The zero-order valence-corrected chi connectivity index (χ0v) is 20.5. The first-order chi connectivity index (χ1) is 14.0. The van der Waals surface area contributed by atoms with Crippen molar-refractivity contribution in [3.63, 3.8) is 0 Å². The summed E-state index contributed by atoms with van der Waals surface area (Å²) in [4.78, 5) is 0. The molecule has 2 aromatic rings. The first-order valence-electron chi connectivity index (χ1n) is 8.96. The van der Waals surface area contributed by atoms with E-state index in [0.29, 0.717) is 31.6 Å². The molecule has 0 spiro atoms. The van der Waals surface area contributed by atoms with Crippen LogP contribution in [0.15, 0.2) is 85.0 Å². The van der Waals surface area contributed by atoms with E-state index >= 15 is 0 Å². The Morgan fingerprint density at radius 1 is 0.586 bits per heavy atom. The van der Waals surface area contributed by atoms with Gasteiger partial charge in [0.05, 0.1) is 0 Å². The van der Waals surface area contributed by atoms with Crippen molar-refractivity contribution in [3.05, 3.63) is 105 Å². The molecule has 0 amide bonds. The molecule has 2 aliphatic carbocycles. The second-order valence-corrected chi connectivity index (χ2v) is 16.2. The molecular weight excluding hydrogens is 529 g/mol. The van der Waals surface area contributed by atoms with Gasteiger partial charge in [-0.1, -0.05) is 0 Å². The van der Waals surface area contributed by atoms with Gasteiger partial charge in [0.1, 0.15) is 0 Å². The summed E-state index contributed by atoms with van der Waals surface area (Å²) >= 11 is 21.2. The van der Waals surface area contributed by atoms with Gasteiger partial charge in [0.2, 0.25) is 0 Å². The maximum atomic E-state index is 6.75. The Labute approximate surface area is 195 Å². The van der Waals surface area contributed by atoms with E-state index < -0.39 is 21.1 Å². The van der Waals surface area contributed by atoms with Crippen LogP contribution in [0.5, 0.6) is 11.5 Å². The molecule has 7 heteroatoms. The Morgan fingerprint density at radius 3 is 1.34 bits per heavy atom. The van der Waals surface area contributed by atoms with Gasteiger partial charge in [0, 0.05) is 0 Å². The van der Waals surface area contributed by atoms with Gasteiger partial charge in [-0.05, 0) is 0 Å². The van der Waals surface area contributed by atoms with Crippen LogP contribution in [-0.2, 0) is 21.1 Å². The van der Waals surface area contributed by atoms with Crippen molar-refractivity contribution < 1.29 is 26.8 Å². The number of hydrogen-bond acceptors (Lipinski definition) is 2. The van der Waals surface area contributed by atoms with Gasteiger partial charge in [-0.15, -0.1) is 0 Å². The maximum absolute atomic E-state index is 6.75. The summed E-state index contributed by atoms with van der Waals surface area (Å²) in [5, 5.41) is 2.04. The fourth-order valence-electron chi connectivity index (χ4n) is 3.37. The van der Waals surface area contributed by atoms with E-state index in [1.165, 1.54) is 0 Å². The van der Waals surface area contributed by atoms with E-state index in [0.717, 1.165) is 0 Å². The third-order valence-electron chi connectivity index (χ3n) is 4.75. The number of allylic oxidation sites excluding steroid dienone is 8. The van der Waals surface area contributed by atoms with E-state index in [9.17, 15) is 0 Å². The topological polar surface area (TPSA) is 18.5 Å². The van der Waals surface area contributed by atoms with Crippen molar-refractivity contribution in [1.29, 1.82) is 0 Å². The molecule has 0 aromatic heterocycles. The summed E-state index contributed by atoms with van der Waals surface area (Å²) in [6.07, 6.45) is 16.4. The Morgan fingerprint density at radius 2 is 0.966 bits per heavy atom. The number of benzene rings is 2. The summed E-state index contributed by atoms with van der Waals surface area (Å²) in [7, 11) is 0. The minimum absolute atomic E-state index is 0.00760. The van der Waals surface area contributed by atoms with Crippen molar-refractivity contribution in [2.24, 2.45) is 0 Å². The molecule has 0 radical (unpaired) electrons. The predicted molar refractivity (Wildman–Crippen MR) is 118 cm³/mol. The van der Waals surface area contributed by atoms with Gasteiger partial charge in [-0.25, -0.2) is 0 Å². The summed E-state index contributed by atoms with van der Waals surface area (Å²) in [5.74, 6) is 1.02. The van der Waals surface area contributed by atoms with Crippen LogP contribution in [0, 0.1) is 0 Å². The number of rotatable bonds is 6. The number of hydrogen-bond donors (Lipinski definition) is 0. The molecule has 0 saturated heterocycles. The zero-order valence-electron chi connectivity index (χ0n) is 15.1. The predicted octanol–water partition coefficient (Wildman–Crippen LogP) is 8.57. The molecule has 0 N–H and O–H groups in total. The van der Waals surface area contributed by atoms with E-state index in [1.807, 2.05) is 24.3 Å². The quantitative estimate of drug-likeness (QED) is 0.362. The van der Waals surface area contributed by atoms with Crippen LogP contribution >= 0.6 is 46.4 Å². The second-order valence-electron chi connectivity index (χ2n) is 6.67. The zero-order chi connectivity index (χ0) is 20.4. The molecule has 2 aromatic carbocycles. The summed E-state index contributed by atoms with van der Waals surface area (Å²) in [6, 6.07) is 10.4. The van der Waals surface area contributed by atoms with Crippen LogP contribution in [0.1, 0.15) is 0 Å². The molecule has 0 bridgehead atoms. The molecule has 0 atom stereocenters. The van der Waals surface area contributed by atoms with Crippen molar-refractivity contribution >= 4 is 46.4 Å². The second kappa shape index (κ2) is 9.04. The van der Waals surface area contributed by atoms with E-state index in [1.54, 1.807) is 36.4 Å². The van der Waals surface area contributed by atoms with Crippen molar-refractivity contribution in [1.82, 2.24) is 0 Å². The molecule has 0 unspecified atom stereocenters. The van der Waals surface area contributed by atoms with Crippen LogP contribution in [0.3, 0.4) is 0 Å². The van der Waals surface area contributed by atoms with Gasteiger partial charge in [0.25, 0.3) is 0 Å². The molecule has 4 rings (SSSR count). The molecule has 29 heavy (non-hydrogen) atoms. The fourth-order valence-corrected chi connectivity index (χ4v) is 13.1. The van der Waals surface area contributed by atoms with Gasteiger partial charge in [-0.2, -0.15) is 0 Å². The van der Waals surface area contributed by atoms with Gasteiger partial charge >= 0.3 is 197 Å². The normalized spacial score (nSPS) is 16.1. The molecule has 0 saturated carbocycles. The van der Waals surface area contributed by atoms with Crippen LogP contribution in [0.4, 0.5) is 0 Å². The van der Waals surface area contributed by atoms with Crippen molar-refractivity contribution in [2.45, 2.75) is 7.25 Å². The molecule has 0 aliphatic heterocycles.